The predicted octanol–water partition coefficient (Wildman–Crippen LogP) is 1.97. The molecule has 2 aromatic rings. The minimum absolute atomic E-state index is 0. The van der Waals surface area contributed by atoms with Gasteiger partial charge in [-0.2, -0.15) is 5.10 Å². The van der Waals surface area contributed by atoms with Gasteiger partial charge in [-0.3, -0.25) is 9.48 Å². The van der Waals surface area contributed by atoms with Crippen LogP contribution in [-0.4, -0.2) is 28.8 Å². The normalized spacial score (nSPS) is 13.4. The Morgan fingerprint density at radius 1 is 1.22 bits per heavy atom. The van der Waals surface area contributed by atoms with Gasteiger partial charge in [0.2, 0.25) is 5.91 Å². The van der Waals surface area contributed by atoms with E-state index in [0.29, 0.717) is 13.1 Å². The van der Waals surface area contributed by atoms with E-state index in [1.807, 2.05) is 29.1 Å². The highest BCUT2D eigenvalue weighted by molar-refractivity contribution is 5.85. The van der Waals surface area contributed by atoms with Gasteiger partial charge in [-0.05, 0) is 30.9 Å². The maximum absolute atomic E-state index is 11.7. The number of carbonyl (C=O) groups excluding carboxylic acids is 1. The van der Waals surface area contributed by atoms with Crippen LogP contribution in [0.1, 0.15) is 24.0 Å². The van der Waals surface area contributed by atoms with Crippen molar-refractivity contribution < 1.29 is 4.79 Å². The second-order valence-corrected chi connectivity index (χ2v) is 5.88. The Morgan fingerprint density at radius 3 is 2.74 bits per heavy atom. The van der Waals surface area contributed by atoms with Gasteiger partial charge in [0.25, 0.3) is 0 Å². The molecule has 2 N–H and O–H groups in total. The number of rotatable bonds is 8. The monoisotopic (exact) mass is 334 g/mol. The Kier molecular flexibility index (Phi) is 6.62. The van der Waals surface area contributed by atoms with Crippen molar-refractivity contribution in [1.82, 2.24) is 20.4 Å². The lowest BCUT2D eigenvalue weighted by atomic mass is 10.2. The highest BCUT2D eigenvalue weighted by Crippen LogP contribution is 2.27. The molecule has 1 aliphatic carbocycles. The van der Waals surface area contributed by atoms with Crippen LogP contribution in [0.5, 0.6) is 0 Å². The number of hydrogen-bond acceptors (Lipinski definition) is 3. The van der Waals surface area contributed by atoms with Crippen LogP contribution in [0.15, 0.2) is 42.7 Å². The van der Waals surface area contributed by atoms with Crippen molar-refractivity contribution in [3.05, 3.63) is 53.9 Å². The Morgan fingerprint density at radius 2 is 2.00 bits per heavy atom. The van der Waals surface area contributed by atoms with Crippen LogP contribution in [0, 0.1) is 5.92 Å². The smallest absolute Gasteiger partial charge is 0.234 e. The van der Waals surface area contributed by atoms with E-state index in [2.05, 4.69) is 27.9 Å². The molecule has 23 heavy (non-hydrogen) atoms. The lowest BCUT2D eigenvalue weighted by Gasteiger charge is -2.05. The average molecular weight is 335 g/mol. The Balaban J connectivity index is 0.00000192. The zero-order valence-electron chi connectivity index (χ0n) is 13.1. The second-order valence-electron chi connectivity index (χ2n) is 5.88. The largest absolute Gasteiger partial charge is 0.351 e. The molecular weight excluding hydrogens is 312 g/mol. The predicted molar refractivity (Wildman–Crippen MR) is 92.5 cm³/mol. The molecule has 0 aliphatic heterocycles. The number of carbonyl (C=O) groups is 1. The van der Waals surface area contributed by atoms with Gasteiger partial charge in [0, 0.05) is 18.3 Å². The highest BCUT2D eigenvalue weighted by Gasteiger charge is 2.20. The Hall–Kier alpha value is -1.85. The molecule has 0 bridgehead atoms. The van der Waals surface area contributed by atoms with E-state index in [-0.39, 0.29) is 18.3 Å². The molecule has 3 rings (SSSR count). The number of nitrogens with one attached hydrogen (secondary N) is 2. The van der Waals surface area contributed by atoms with Crippen molar-refractivity contribution >= 4 is 18.3 Å². The summed E-state index contributed by atoms with van der Waals surface area (Å²) in [6.45, 7) is 2.63. The minimum atomic E-state index is 0. The molecule has 1 amide bonds. The second kappa shape index (κ2) is 8.70. The third-order valence-electron chi connectivity index (χ3n) is 3.78. The van der Waals surface area contributed by atoms with E-state index in [1.54, 1.807) is 6.20 Å². The third kappa shape index (κ3) is 6.04. The van der Waals surface area contributed by atoms with Gasteiger partial charge < -0.3 is 10.6 Å². The lowest BCUT2D eigenvalue weighted by molar-refractivity contribution is -0.120. The molecule has 1 aromatic heterocycles. The number of nitrogens with zero attached hydrogens (tertiary/aromatic N) is 2. The summed E-state index contributed by atoms with van der Waals surface area (Å²) in [5, 5.41) is 10.4. The van der Waals surface area contributed by atoms with Crippen molar-refractivity contribution in [1.29, 1.82) is 0 Å². The van der Waals surface area contributed by atoms with Gasteiger partial charge in [-0.25, -0.2) is 0 Å². The van der Waals surface area contributed by atoms with E-state index < -0.39 is 0 Å². The van der Waals surface area contributed by atoms with E-state index in [4.69, 9.17) is 0 Å². The molecule has 124 valence electrons. The molecule has 1 heterocycles. The molecule has 0 saturated heterocycles. The summed E-state index contributed by atoms with van der Waals surface area (Å²) in [4.78, 5) is 11.7. The van der Waals surface area contributed by atoms with Gasteiger partial charge in [0.1, 0.15) is 0 Å². The Labute approximate surface area is 142 Å². The van der Waals surface area contributed by atoms with Crippen molar-refractivity contribution in [3.63, 3.8) is 0 Å². The maximum Gasteiger partial charge on any atom is 0.234 e. The zero-order valence-corrected chi connectivity index (χ0v) is 13.9. The first-order valence-corrected chi connectivity index (χ1v) is 7.82. The van der Waals surface area contributed by atoms with Crippen LogP contribution in [0.2, 0.25) is 0 Å². The SMILES string of the molecule is Cl.O=C(CNCC1CC1)NCc1cnn(Cc2ccccc2)c1. The first kappa shape index (κ1) is 17.5. The van der Waals surface area contributed by atoms with E-state index in [1.165, 1.54) is 18.4 Å². The molecule has 6 heteroatoms. The fraction of sp³-hybridized carbons (Fsp3) is 0.412. The molecule has 0 radical (unpaired) electrons. The van der Waals surface area contributed by atoms with Gasteiger partial charge >= 0.3 is 0 Å². The molecule has 5 nitrogen and oxygen atoms in total. The highest BCUT2D eigenvalue weighted by atomic mass is 35.5. The van der Waals surface area contributed by atoms with Crippen LogP contribution in [0.25, 0.3) is 0 Å². The van der Waals surface area contributed by atoms with Crippen LogP contribution in [0.3, 0.4) is 0 Å². The maximum atomic E-state index is 11.7. The number of amides is 1. The van der Waals surface area contributed by atoms with Crippen molar-refractivity contribution in [2.75, 3.05) is 13.1 Å². The summed E-state index contributed by atoms with van der Waals surface area (Å²) in [5.41, 5.74) is 2.23. The summed E-state index contributed by atoms with van der Waals surface area (Å²) < 4.78 is 1.89. The molecule has 1 fully saturated rings. The van der Waals surface area contributed by atoms with Crippen molar-refractivity contribution in [2.45, 2.75) is 25.9 Å². The molecular formula is C17H23ClN4O. The van der Waals surface area contributed by atoms with Gasteiger partial charge in [0.05, 0.1) is 19.3 Å². The topological polar surface area (TPSA) is 59.0 Å². The Bertz CT molecular complexity index is 610. The van der Waals surface area contributed by atoms with Gasteiger partial charge in [-0.1, -0.05) is 30.3 Å². The zero-order chi connectivity index (χ0) is 15.2. The van der Waals surface area contributed by atoms with Crippen molar-refractivity contribution in [3.8, 4) is 0 Å². The van der Waals surface area contributed by atoms with Crippen LogP contribution >= 0.6 is 12.4 Å². The number of benzene rings is 1. The lowest BCUT2D eigenvalue weighted by Crippen LogP contribution is -2.34. The first-order chi connectivity index (χ1) is 10.8. The molecule has 1 aliphatic rings. The summed E-state index contributed by atoms with van der Waals surface area (Å²) in [6, 6.07) is 10.2. The molecule has 0 unspecified atom stereocenters. The first-order valence-electron chi connectivity index (χ1n) is 7.82. The van der Waals surface area contributed by atoms with Crippen LogP contribution in [-0.2, 0) is 17.9 Å². The molecule has 1 aromatic carbocycles. The fourth-order valence-electron chi connectivity index (χ4n) is 2.33. The van der Waals surface area contributed by atoms with Gasteiger partial charge in [0.15, 0.2) is 0 Å². The fourth-order valence-corrected chi connectivity index (χ4v) is 2.33. The minimum Gasteiger partial charge on any atom is -0.351 e. The number of halogens is 1. The quantitative estimate of drug-likeness (QED) is 0.776. The summed E-state index contributed by atoms with van der Waals surface area (Å²) >= 11 is 0. The summed E-state index contributed by atoms with van der Waals surface area (Å²) in [7, 11) is 0. The number of hydrogen-bond donors (Lipinski definition) is 2. The summed E-state index contributed by atoms with van der Waals surface area (Å²) in [5.74, 6) is 0.834. The molecule has 0 atom stereocenters. The number of aromatic nitrogens is 2. The average Bonchev–Trinajstić information content (AvgIpc) is 3.25. The third-order valence-corrected chi connectivity index (χ3v) is 3.78. The van der Waals surface area contributed by atoms with E-state index in [9.17, 15) is 4.79 Å². The van der Waals surface area contributed by atoms with Crippen LogP contribution < -0.4 is 10.6 Å². The summed E-state index contributed by atoms with van der Waals surface area (Å²) in [6.07, 6.45) is 6.39. The van der Waals surface area contributed by atoms with Crippen LogP contribution in [0.4, 0.5) is 0 Å². The van der Waals surface area contributed by atoms with Gasteiger partial charge in [-0.15, -0.1) is 12.4 Å². The molecule has 0 spiro atoms. The van der Waals surface area contributed by atoms with Crippen molar-refractivity contribution in [2.24, 2.45) is 5.92 Å². The molecule has 1 saturated carbocycles. The van der Waals surface area contributed by atoms with E-state index in [0.717, 1.165) is 24.6 Å². The standard InChI is InChI=1S/C17H22N4O.ClH/c22-17(11-18-8-14-6-7-14)19-9-16-10-20-21(13-16)12-15-4-2-1-3-5-15;/h1-5,10,13-14,18H,6-9,11-12H2,(H,19,22);1H. The van der Waals surface area contributed by atoms with E-state index >= 15 is 0 Å².